The number of hydrogen-bond donors (Lipinski definition) is 1. The van der Waals surface area contributed by atoms with Gasteiger partial charge in [0.15, 0.2) is 0 Å². The third-order valence-electron chi connectivity index (χ3n) is 8.11. The zero-order valence-corrected chi connectivity index (χ0v) is 24.0. The summed E-state index contributed by atoms with van der Waals surface area (Å²) in [5.41, 5.74) is 2.23. The highest BCUT2D eigenvalue weighted by Gasteiger charge is 2.40. The molecule has 1 N–H and O–H groups in total. The Kier molecular flexibility index (Phi) is 8.04. The van der Waals surface area contributed by atoms with Gasteiger partial charge in [-0.2, -0.15) is 5.26 Å². The van der Waals surface area contributed by atoms with E-state index in [9.17, 15) is 18.8 Å². The second-order valence-electron chi connectivity index (χ2n) is 10.8. The van der Waals surface area contributed by atoms with Gasteiger partial charge in [-0.25, -0.2) is 8.78 Å². The van der Waals surface area contributed by atoms with E-state index in [4.69, 9.17) is 10.00 Å². The number of thioether (sulfide) groups is 1. The Morgan fingerprint density at radius 1 is 1.00 bits per heavy atom. The third kappa shape index (κ3) is 5.92. The van der Waals surface area contributed by atoms with Gasteiger partial charge in [0, 0.05) is 46.3 Å². The first kappa shape index (κ1) is 28.7. The molecule has 220 valence electrons. The summed E-state index contributed by atoms with van der Waals surface area (Å²) < 4.78 is 35.5. The smallest absolute Gasteiger partial charge is 0.255 e. The number of nitrogens with one attached hydrogen (secondary N) is 1. The molecule has 0 aromatic heterocycles. The number of anilines is 1. The van der Waals surface area contributed by atoms with Crippen LogP contribution in [0.1, 0.15) is 52.7 Å². The fourth-order valence-electron chi connectivity index (χ4n) is 5.81. The molecule has 0 aliphatic carbocycles. The number of imide groups is 1. The summed E-state index contributed by atoms with van der Waals surface area (Å²) in [7, 11) is 0. The number of nitrogens with zero attached hydrogens (tertiary/aromatic N) is 3. The molecular weight excluding hydrogens is 574 g/mol. The fourth-order valence-corrected chi connectivity index (χ4v) is 6.96. The number of nitriles is 1. The normalized spacial score (nSPS) is 18.8. The quantitative estimate of drug-likeness (QED) is 0.383. The van der Waals surface area contributed by atoms with Gasteiger partial charge in [-0.3, -0.25) is 19.7 Å². The van der Waals surface area contributed by atoms with Crippen molar-refractivity contribution in [3.05, 3.63) is 88.5 Å². The van der Waals surface area contributed by atoms with Crippen molar-refractivity contribution in [2.24, 2.45) is 0 Å². The minimum atomic E-state index is -0.725. The van der Waals surface area contributed by atoms with Gasteiger partial charge in [0.05, 0.1) is 23.9 Å². The van der Waals surface area contributed by atoms with Crippen molar-refractivity contribution in [3.8, 4) is 11.8 Å². The Labute approximate surface area is 251 Å². The lowest BCUT2D eigenvalue weighted by atomic mass is 10.0. The maximum Gasteiger partial charge on any atom is 0.255 e. The lowest BCUT2D eigenvalue weighted by Crippen LogP contribution is -2.52. The Bertz CT molecular complexity index is 1650. The first-order valence-corrected chi connectivity index (χ1v) is 15.0. The van der Waals surface area contributed by atoms with E-state index in [0.29, 0.717) is 46.8 Å². The Balaban J connectivity index is 1.05. The monoisotopic (exact) mass is 602 g/mol. The highest BCUT2D eigenvalue weighted by Crippen LogP contribution is 2.36. The molecule has 8 nitrogen and oxygen atoms in total. The maximum absolute atomic E-state index is 15.1. The van der Waals surface area contributed by atoms with Crippen molar-refractivity contribution in [1.82, 2.24) is 10.2 Å². The molecule has 6 rings (SSSR count). The van der Waals surface area contributed by atoms with Gasteiger partial charge in [-0.15, -0.1) is 11.8 Å². The van der Waals surface area contributed by atoms with Crippen LogP contribution >= 0.6 is 11.8 Å². The highest BCUT2D eigenvalue weighted by atomic mass is 32.2. The predicted molar refractivity (Wildman–Crippen MR) is 155 cm³/mol. The summed E-state index contributed by atoms with van der Waals surface area (Å²) in [4.78, 5) is 41.2. The van der Waals surface area contributed by atoms with Crippen LogP contribution in [-0.2, 0) is 22.7 Å². The average Bonchev–Trinajstić information content (AvgIpc) is 3.33. The Morgan fingerprint density at radius 2 is 1.81 bits per heavy atom. The van der Waals surface area contributed by atoms with E-state index in [1.165, 1.54) is 17.0 Å². The number of amides is 3. The standard InChI is InChI=1S/C32H28F2N4O4S/c33-25-15-22(43-21-10-12-37(13-11-21)27-7-4-19(16-35)14-26(27)34)6-5-20(25)18-42-29-3-1-2-23-24(29)17-38(32(23)41)28-8-9-30(39)36-31(28)40/h1-7,14-15,21,28H,8-13,17-18H2,(H,36,39,40). The van der Waals surface area contributed by atoms with Crippen LogP contribution in [0.2, 0.25) is 0 Å². The van der Waals surface area contributed by atoms with Crippen molar-refractivity contribution >= 4 is 35.2 Å². The number of rotatable bonds is 7. The second kappa shape index (κ2) is 12.1. The topological polar surface area (TPSA) is 103 Å². The van der Waals surface area contributed by atoms with Gasteiger partial charge in [-0.05, 0) is 61.7 Å². The molecule has 3 amide bonds. The van der Waals surface area contributed by atoms with Crippen molar-refractivity contribution < 1.29 is 27.9 Å². The molecule has 2 fully saturated rings. The summed E-state index contributed by atoms with van der Waals surface area (Å²) in [5.74, 6) is -1.47. The number of ether oxygens (including phenoxy) is 1. The number of hydrogen-bond acceptors (Lipinski definition) is 7. The van der Waals surface area contributed by atoms with Gasteiger partial charge in [-0.1, -0.05) is 12.1 Å². The van der Waals surface area contributed by atoms with Gasteiger partial charge in [0.25, 0.3) is 5.91 Å². The largest absolute Gasteiger partial charge is 0.488 e. The second-order valence-corrected chi connectivity index (χ2v) is 12.2. The van der Waals surface area contributed by atoms with Crippen LogP contribution < -0.4 is 15.0 Å². The van der Waals surface area contributed by atoms with Crippen LogP contribution in [0.4, 0.5) is 14.5 Å². The summed E-state index contributed by atoms with van der Waals surface area (Å²) in [5, 5.41) is 11.5. The first-order chi connectivity index (χ1) is 20.8. The molecule has 3 aromatic carbocycles. The number of piperidine rings is 2. The minimum absolute atomic E-state index is 0.0333. The molecular formula is C32H28F2N4O4S. The molecule has 2 saturated heterocycles. The van der Waals surface area contributed by atoms with Crippen LogP contribution in [0.3, 0.4) is 0 Å². The molecule has 0 saturated carbocycles. The van der Waals surface area contributed by atoms with Gasteiger partial charge < -0.3 is 14.5 Å². The summed E-state index contributed by atoms with van der Waals surface area (Å²) >= 11 is 1.60. The van der Waals surface area contributed by atoms with Gasteiger partial charge >= 0.3 is 0 Å². The van der Waals surface area contributed by atoms with E-state index >= 15 is 4.39 Å². The van der Waals surface area contributed by atoms with E-state index in [-0.39, 0.29) is 43.1 Å². The maximum atomic E-state index is 15.1. The molecule has 0 spiro atoms. The van der Waals surface area contributed by atoms with Crippen LogP contribution in [0, 0.1) is 23.0 Å². The molecule has 3 aliphatic rings. The van der Waals surface area contributed by atoms with Crippen molar-refractivity contribution in [1.29, 1.82) is 5.26 Å². The van der Waals surface area contributed by atoms with Crippen LogP contribution in [-0.4, -0.2) is 47.0 Å². The number of halogens is 2. The fraction of sp³-hybridized carbons (Fsp3) is 0.312. The Hall–Kier alpha value is -4.43. The van der Waals surface area contributed by atoms with E-state index in [1.54, 1.807) is 48.2 Å². The third-order valence-corrected chi connectivity index (χ3v) is 9.44. The number of benzene rings is 3. The number of fused-ring (bicyclic) bond motifs is 1. The van der Waals surface area contributed by atoms with E-state index < -0.39 is 23.6 Å². The van der Waals surface area contributed by atoms with E-state index in [2.05, 4.69) is 5.32 Å². The molecule has 43 heavy (non-hydrogen) atoms. The Morgan fingerprint density at radius 3 is 2.53 bits per heavy atom. The van der Waals surface area contributed by atoms with Gasteiger partial charge in [0.1, 0.15) is 30.0 Å². The van der Waals surface area contributed by atoms with Crippen LogP contribution in [0.25, 0.3) is 0 Å². The zero-order valence-electron chi connectivity index (χ0n) is 23.1. The molecule has 11 heteroatoms. The summed E-state index contributed by atoms with van der Waals surface area (Å²) in [6.45, 7) is 1.47. The molecule has 0 radical (unpaired) electrons. The highest BCUT2D eigenvalue weighted by molar-refractivity contribution is 8.00. The lowest BCUT2D eigenvalue weighted by molar-refractivity contribution is -0.136. The van der Waals surface area contributed by atoms with Crippen molar-refractivity contribution in [2.75, 3.05) is 18.0 Å². The first-order valence-electron chi connectivity index (χ1n) is 14.1. The molecule has 3 aliphatic heterocycles. The zero-order chi connectivity index (χ0) is 30.1. The molecule has 3 heterocycles. The number of carbonyl (C=O) groups is 3. The van der Waals surface area contributed by atoms with Crippen LogP contribution in [0.5, 0.6) is 5.75 Å². The molecule has 1 unspecified atom stereocenters. The SMILES string of the molecule is N#Cc1ccc(N2CCC(Sc3ccc(COc4cccc5c4CN(C4CCC(=O)NC4=O)C5=O)c(F)c3)CC2)c(F)c1. The van der Waals surface area contributed by atoms with Gasteiger partial charge in [0.2, 0.25) is 11.8 Å². The molecule has 0 bridgehead atoms. The average molecular weight is 603 g/mol. The van der Waals surface area contributed by atoms with Crippen molar-refractivity contribution in [3.63, 3.8) is 0 Å². The van der Waals surface area contributed by atoms with Crippen LogP contribution in [0.15, 0.2) is 59.5 Å². The minimum Gasteiger partial charge on any atom is -0.488 e. The molecule has 1 atom stereocenters. The number of carbonyl (C=O) groups excluding carboxylic acids is 3. The van der Waals surface area contributed by atoms with E-state index in [0.717, 1.165) is 17.7 Å². The van der Waals surface area contributed by atoms with Crippen molar-refractivity contribution in [2.45, 2.75) is 55.0 Å². The lowest BCUT2D eigenvalue weighted by Gasteiger charge is -2.33. The van der Waals surface area contributed by atoms with E-state index in [1.807, 2.05) is 17.0 Å². The summed E-state index contributed by atoms with van der Waals surface area (Å²) in [6, 6.07) is 15.9. The summed E-state index contributed by atoms with van der Waals surface area (Å²) in [6.07, 6.45) is 2.06. The molecule has 3 aromatic rings. The predicted octanol–water partition coefficient (Wildman–Crippen LogP) is 4.94.